The minimum atomic E-state index is -3.52. The average Bonchev–Trinajstić information content (AvgIpc) is 1.87. The zero-order valence-corrected chi connectivity index (χ0v) is 6.26. The van der Waals surface area contributed by atoms with E-state index in [1.807, 2.05) is 4.83 Å². The van der Waals surface area contributed by atoms with Crippen LogP contribution in [0.5, 0.6) is 0 Å². The molecule has 0 aliphatic rings. The van der Waals surface area contributed by atoms with Gasteiger partial charge in [0.05, 0.1) is 0 Å². The van der Waals surface area contributed by atoms with Crippen molar-refractivity contribution in [3.63, 3.8) is 0 Å². The predicted molar refractivity (Wildman–Crippen MR) is 36.1 cm³/mol. The summed E-state index contributed by atoms with van der Waals surface area (Å²) < 4.78 is 21.1. The van der Waals surface area contributed by atoms with E-state index < -0.39 is 10.0 Å². The standard InChI is InChI=1S/C4H8N2O3S/c1-3-10(8,9)5-6(2)4-7/h3-5H,1H2,2H3. The fraction of sp³-hybridized carbons (Fsp3) is 0.250. The number of nitrogens with zero attached hydrogens (tertiary/aromatic N) is 1. The third-order valence-corrected chi connectivity index (χ3v) is 1.63. The molecule has 0 aliphatic carbocycles. The Morgan fingerprint density at radius 1 is 1.60 bits per heavy atom. The number of rotatable bonds is 4. The highest BCUT2D eigenvalue weighted by Crippen LogP contribution is 1.82. The summed E-state index contributed by atoms with van der Waals surface area (Å²) in [6, 6.07) is 0. The molecule has 0 aromatic carbocycles. The molecule has 0 saturated heterocycles. The number of hydrogen-bond acceptors (Lipinski definition) is 3. The third-order valence-electron chi connectivity index (χ3n) is 0.649. The summed E-state index contributed by atoms with van der Waals surface area (Å²) in [5.41, 5.74) is 0. The maximum absolute atomic E-state index is 10.5. The fourth-order valence-electron chi connectivity index (χ4n) is 0.259. The lowest BCUT2D eigenvalue weighted by Gasteiger charge is -2.08. The molecular formula is C4H8N2O3S. The van der Waals surface area contributed by atoms with Crippen molar-refractivity contribution in [3.05, 3.63) is 12.0 Å². The molecule has 6 heteroatoms. The number of amides is 1. The largest absolute Gasteiger partial charge is 0.277 e. The van der Waals surface area contributed by atoms with Gasteiger partial charge in [0, 0.05) is 12.5 Å². The fourth-order valence-corrected chi connectivity index (χ4v) is 0.778. The summed E-state index contributed by atoms with van der Waals surface area (Å²) in [5, 5.41) is 1.49. The van der Waals surface area contributed by atoms with Gasteiger partial charge in [-0.1, -0.05) is 6.58 Å². The summed E-state index contributed by atoms with van der Waals surface area (Å²) in [7, 11) is -2.25. The van der Waals surface area contributed by atoms with Gasteiger partial charge >= 0.3 is 0 Å². The van der Waals surface area contributed by atoms with Gasteiger partial charge in [0.15, 0.2) is 0 Å². The summed E-state index contributed by atoms with van der Waals surface area (Å²) in [5.74, 6) is 0. The molecule has 0 radical (unpaired) electrons. The zero-order valence-electron chi connectivity index (χ0n) is 5.44. The first-order valence-electron chi connectivity index (χ1n) is 2.35. The van der Waals surface area contributed by atoms with Crippen LogP contribution in [-0.4, -0.2) is 26.9 Å². The normalized spacial score (nSPS) is 10.5. The first-order valence-corrected chi connectivity index (χ1v) is 3.89. The van der Waals surface area contributed by atoms with Crippen LogP contribution in [0.1, 0.15) is 0 Å². The second-order valence-corrected chi connectivity index (χ2v) is 3.13. The molecule has 1 amide bonds. The van der Waals surface area contributed by atoms with Gasteiger partial charge in [0.25, 0.3) is 0 Å². The van der Waals surface area contributed by atoms with Crippen LogP contribution < -0.4 is 4.83 Å². The van der Waals surface area contributed by atoms with Crippen molar-refractivity contribution in [2.75, 3.05) is 7.05 Å². The number of sulfonamides is 1. The highest BCUT2D eigenvalue weighted by molar-refractivity contribution is 7.92. The van der Waals surface area contributed by atoms with E-state index in [1.54, 1.807) is 0 Å². The summed E-state index contributed by atoms with van der Waals surface area (Å²) in [6.07, 6.45) is 0.334. The van der Waals surface area contributed by atoms with E-state index in [9.17, 15) is 13.2 Å². The Morgan fingerprint density at radius 2 is 2.10 bits per heavy atom. The molecule has 0 bridgehead atoms. The monoisotopic (exact) mass is 164 g/mol. The maximum Gasteiger partial charge on any atom is 0.250 e. The molecule has 58 valence electrons. The Bertz CT molecular complexity index is 221. The van der Waals surface area contributed by atoms with Crippen LogP contribution in [0, 0.1) is 0 Å². The number of carbonyl (C=O) groups is 1. The van der Waals surface area contributed by atoms with E-state index in [-0.39, 0.29) is 0 Å². The van der Waals surface area contributed by atoms with Gasteiger partial charge in [-0.15, -0.1) is 4.83 Å². The molecule has 0 spiro atoms. The van der Waals surface area contributed by atoms with Crippen LogP contribution in [-0.2, 0) is 14.8 Å². The van der Waals surface area contributed by atoms with Gasteiger partial charge in [-0.05, 0) is 0 Å². The SMILES string of the molecule is C=CS(=O)(=O)NN(C)C=O. The van der Waals surface area contributed by atoms with Crippen molar-refractivity contribution in [2.24, 2.45) is 0 Å². The Balaban J connectivity index is 4.15. The van der Waals surface area contributed by atoms with E-state index in [1.165, 1.54) is 7.05 Å². The van der Waals surface area contributed by atoms with Crippen LogP contribution in [0.15, 0.2) is 12.0 Å². The Hall–Kier alpha value is -0.880. The molecular weight excluding hydrogens is 156 g/mol. The Morgan fingerprint density at radius 3 is 2.40 bits per heavy atom. The molecule has 5 nitrogen and oxygen atoms in total. The van der Waals surface area contributed by atoms with Crippen LogP contribution in [0.4, 0.5) is 0 Å². The van der Waals surface area contributed by atoms with Crippen LogP contribution in [0.3, 0.4) is 0 Å². The van der Waals surface area contributed by atoms with Gasteiger partial charge in [-0.3, -0.25) is 9.80 Å². The van der Waals surface area contributed by atoms with Crippen molar-refractivity contribution >= 4 is 16.4 Å². The second kappa shape index (κ2) is 3.33. The first-order chi connectivity index (χ1) is 4.52. The van der Waals surface area contributed by atoms with Crippen LogP contribution >= 0.6 is 0 Å². The van der Waals surface area contributed by atoms with E-state index in [0.29, 0.717) is 11.8 Å². The average molecular weight is 164 g/mol. The van der Waals surface area contributed by atoms with Gasteiger partial charge in [0.2, 0.25) is 16.4 Å². The van der Waals surface area contributed by atoms with Gasteiger partial charge in [-0.2, -0.15) is 0 Å². The Labute approximate surface area is 59.3 Å². The smallest absolute Gasteiger partial charge is 0.250 e. The van der Waals surface area contributed by atoms with Gasteiger partial charge in [0.1, 0.15) is 0 Å². The summed E-state index contributed by atoms with van der Waals surface area (Å²) in [6.45, 7) is 3.03. The molecule has 0 rings (SSSR count). The topological polar surface area (TPSA) is 66.5 Å². The minimum absolute atomic E-state index is 0.334. The Kier molecular flexibility index (Phi) is 3.04. The number of hydrogen-bond donors (Lipinski definition) is 1. The molecule has 0 atom stereocenters. The molecule has 0 saturated carbocycles. The van der Waals surface area contributed by atoms with Crippen LogP contribution in [0.25, 0.3) is 0 Å². The quantitative estimate of drug-likeness (QED) is 0.430. The van der Waals surface area contributed by atoms with Gasteiger partial charge < -0.3 is 0 Å². The predicted octanol–water partition coefficient (Wildman–Crippen LogP) is -0.948. The number of nitrogens with one attached hydrogen (secondary N) is 1. The van der Waals surface area contributed by atoms with E-state index in [4.69, 9.17) is 0 Å². The second-order valence-electron chi connectivity index (χ2n) is 1.52. The summed E-state index contributed by atoms with van der Waals surface area (Å²) >= 11 is 0. The van der Waals surface area contributed by atoms with Crippen molar-refractivity contribution in [1.82, 2.24) is 9.84 Å². The molecule has 0 aromatic rings. The molecule has 0 heterocycles. The molecule has 0 fully saturated rings. The molecule has 10 heavy (non-hydrogen) atoms. The first kappa shape index (κ1) is 9.12. The van der Waals surface area contributed by atoms with Crippen LogP contribution in [0.2, 0.25) is 0 Å². The molecule has 0 aromatic heterocycles. The van der Waals surface area contributed by atoms with E-state index in [2.05, 4.69) is 6.58 Å². The van der Waals surface area contributed by atoms with Crippen molar-refractivity contribution in [3.8, 4) is 0 Å². The lowest BCUT2D eigenvalue weighted by atomic mass is 11.2. The number of carbonyl (C=O) groups excluding carboxylic acids is 1. The highest BCUT2D eigenvalue weighted by Gasteiger charge is 2.04. The highest BCUT2D eigenvalue weighted by atomic mass is 32.2. The number of hydrazine groups is 1. The lowest BCUT2D eigenvalue weighted by molar-refractivity contribution is -0.118. The van der Waals surface area contributed by atoms with Gasteiger partial charge in [-0.25, -0.2) is 8.42 Å². The third kappa shape index (κ3) is 3.21. The van der Waals surface area contributed by atoms with E-state index in [0.717, 1.165) is 5.01 Å². The zero-order chi connectivity index (χ0) is 8.20. The van der Waals surface area contributed by atoms with Crippen molar-refractivity contribution in [2.45, 2.75) is 0 Å². The molecule has 1 N–H and O–H groups in total. The van der Waals surface area contributed by atoms with Crippen molar-refractivity contribution in [1.29, 1.82) is 0 Å². The summed E-state index contributed by atoms with van der Waals surface area (Å²) in [4.78, 5) is 11.7. The lowest BCUT2D eigenvalue weighted by Crippen LogP contribution is -2.36. The molecule has 0 aliphatic heterocycles. The van der Waals surface area contributed by atoms with Crippen molar-refractivity contribution < 1.29 is 13.2 Å². The minimum Gasteiger partial charge on any atom is -0.277 e. The maximum atomic E-state index is 10.5. The molecule has 0 unspecified atom stereocenters. The van der Waals surface area contributed by atoms with E-state index >= 15 is 0 Å².